The Morgan fingerprint density at radius 2 is 1.37 bits per heavy atom. The van der Waals surface area contributed by atoms with Gasteiger partial charge in [-0.15, -0.1) is 0 Å². The van der Waals surface area contributed by atoms with Crippen LogP contribution in [0.5, 0.6) is 0 Å². The zero-order chi connectivity index (χ0) is 15.1. The molecule has 0 aliphatic rings. The van der Waals surface area contributed by atoms with Crippen LogP contribution >= 0.6 is 0 Å². The fourth-order valence-corrected chi connectivity index (χ4v) is 2.42. The molecule has 0 N–H and O–H groups in total. The van der Waals surface area contributed by atoms with Crippen molar-refractivity contribution >= 4 is 25.6 Å². The lowest BCUT2D eigenvalue weighted by atomic mass is 10.5. The standard InChI is InChI=1S/C10H21NO6S2/c1-10(12)17-7-4-11(5-8-18(2,13)14)6-9-19(3,15)16/h4-9H2,1-3H3. The largest absolute Gasteiger partial charge is 0.465 e. The first kappa shape index (κ1) is 18.3. The zero-order valence-electron chi connectivity index (χ0n) is 11.5. The van der Waals surface area contributed by atoms with E-state index >= 15 is 0 Å². The summed E-state index contributed by atoms with van der Waals surface area (Å²) in [5.41, 5.74) is 0. The molecule has 0 radical (unpaired) electrons. The summed E-state index contributed by atoms with van der Waals surface area (Å²) in [6.45, 7) is 2.13. The van der Waals surface area contributed by atoms with Gasteiger partial charge in [0.2, 0.25) is 0 Å². The van der Waals surface area contributed by atoms with Crippen molar-refractivity contribution in [2.45, 2.75) is 6.92 Å². The molecule has 114 valence electrons. The van der Waals surface area contributed by atoms with Gasteiger partial charge in [0.15, 0.2) is 0 Å². The fraction of sp³-hybridized carbons (Fsp3) is 0.900. The van der Waals surface area contributed by atoms with Gasteiger partial charge in [-0.1, -0.05) is 0 Å². The third-order valence-electron chi connectivity index (χ3n) is 2.27. The molecule has 0 bridgehead atoms. The Balaban J connectivity index is 4.33. The van der Waals surface area contributed by atoms with Gasteiger partial charge in [0.25, 0.3) is 0 Å². The number of carbonyl (C=O) groups excluding carboxylic acids is 1. The number of carbonyl (C=O) groups is 1. The third kappa shape index (κ3) is 13.6. The van der Waals surface area contributed by atoms with Crippen LogP contribution in [0.15, 0.2) is 0 Å². The smallest absolute Gasteiger partial charge is 0.302 e. The summed E-state index contributed by atoms with van der Waals surface area (Å²) in [5, 5.41) is 0. The van der Waals surface area contributed by atoms with Crippen LogP contribution in [0.2, 0.25) is 0 Å². The van der Waals surface area contributed by atoms with Crippen LogP contribution in [0.1, 0.15) is 6.92 Å². The maximum Gasteiger partial charge on any atom is 0.302 e. The molecule has 0 rings (SSSR count). The van der Waals surface area contributed by atoms with Gasteiger partial charge in [0, 0.05) is 39.1 Å². The fourth-order valence-electron chi connectivity index (χ4n) is 1.24. The Morgan fingerprint density at radius 3 is 1.68 bits per heavy atom. The minimum absolute atomic E-state index is 0.0587. The van der Waals surface area contributed by atoms with Crippen molar-refractivity contribution < 1.29 is 26.4 Å². The molecule has 19 heavy (non-hydrogen) atoms. The number of hydrogen-bond acceptors (Lipinski definition) is 7. The molecule has 9 heteroatoms. The summed E-state index contributed by atoms with van der Waals surface area (Å²) in [4.78, 5) is 12.3. The highest BCUT2D eigenvalue weighted by Gasteiger charge is 2.12. The lowest BCUT2D eigenvalue weighted by molar-refractivity contribution is -0.141. The van der Waals surface area contributed by atoms with Crippen molar-refractivity contribution in [3.05, 3.63) is 0 Å². The molecule has 7 nitrogen and oxygen atoms in total. The topological polar surface area (TPSA) is 97.8 Å². The van der Waals surface area contributed by atoms with Crippen LogP contribution in [-0.2, 0) is 29.2 Å². The quantitative estimate of drug-likeness (QED) is 0.500. The number of sulfone groups is 2. The molecule has 0 amide bonds. The van der Waals surface area contributed by atoms with Gasteiger partial charge in [-0.05, 0) is 0 Å². The third-order valence-corrected chi connectivity index (χ3v) is 4.12. The van der Waals surface area contributed by atoms with Gasteiger partial charge in [0.05, 0.1) is 11.5 Å². The molecule has 0 saturated heterocycles. The second kappa shape index (κ2) is 7.81. The van der Waals surface area contributed by atoms with Crippen molar-refractivity contribution in [1.29, 1.82) is 0 Å². The van der Waals surface area contributed by atoms with Crippen molar-refractivity contribution in [3.8, 4) is 0 Å². The number of hydrogen-bond donors (Lipinski definition) is 0. The molecular formula is C10H21NO6S2. The van der Waals surface area contributed by atoms with E-state index in [9.17, 15) is 21.6 Å². The molecule has 0 aliphatic heterocycles. The van der Waals surface area contributed by atoms with Crippen molar-refractivity contribution in [3.63, 3.8) is 0 Å². The van der Waals surface area contributed by atoms with E-state index in [1.807, 2.05) is 0 Å². The van der Waals surface area contributed by atoms with Crippen LogP contribution < -0.4 is 0 Å². The number of esters is 1. The normalized spacial score (nSPS) is 12.6. The van der Waals surface area contributed by atoms with E-state index in [-0.39, 0.29) is 31.2 Å². The van der Waals surface area contributed by atoms with Gasteiger partial charge in [-0.25, -0.2) is 16.8 Å². The van der Waals surface area contributed by atoms with Crippen molar-refractivity contribution in [2.75, 3.05) is 50.3 Å². The Hall–Kier alpha value is -0.670. The molecule has 0 saturated carbocycles. The first-order valence-electron chi connectivity index (χ1n) is 5.71. The number of ether oxygens (including phenoxy) is 1. The average Bonchev–Trinajstić information content (AvgIpc) is 2.18. The van der Waals surface area contributed by atoms with E-state index in [1.54, 1.807) is 4.90 Å². The molecule has 0 atom stereocenters. The molecule has 0 aromatic carbocycles. The summed E-state index contributed by atoms with van der Waals surface area (Å²) in [5.74, 6) is -0.542. The minimum atomic E-state index is -3.11. The van der Waals surface area contributed by atoms with E-state index < -0.39 is 25.6 Å². The molecular weight excluding hydrogens is 294 g/mol. The summed E-state index contributed by atoms with van der Waals surface area (Å²) in [7, 11) is -6.23. The van der Waals surface area contributed by atoms with Crippen molar-refractivity contribution in [1.82, 2.24) is 4.90 Å². The minimum Gasteiger partial charge on any atom is -0.465 e. The van der Waals surface area contributed by atoms with E-state index in [1.165, 1.54) is 6.92 Å². The summed E-state index contributed by atoms with van der Waals surface area (Å²) in [6, 6.07) is 0. The van der Waals surface area contributed by atoms with Crippen LogP contribution in [0.3, 0.4) is 0 Å². The van der Waals surface area contributed by atoms with Gasteiger partial charge in [0.1, 0.15) is 26.3 Å². The Kier molecular flexibility index (Phi) is 7.53. The molecule has 0 aromatic heterocycles. The van der Waals surface area contributed by atoms with Crippen LogP contribution in [-0.4, -0.2) is 78.0 Å². The van der Waals surface area contributed by atoms with E-state index in [2.05, 4.69) is 0 Å². The highest BCUT2D eigenvalue weighted by molar-refractivity contribution is 7.90. The highest BCUT2D eigenvalue weighted by atomic mass is 32.2. The second-order valence-electron chi connectivity index (χ2n) is 4.44. The summed E-state index contributed by atoms with van der Waals surface area (Å²) < 4.78 is 49.1. The maximum absolute atomic E-state index is 11.1. The Morgan fingerprint density at radius 1 is 0.947 bits per heavy atom. The highest BCUT2D eigenvalue weighted by Crippen LogP contribution is 1.95. The Labute approximate surface area is 114 Å². The summed E-state index contributed by atoms with van der Waals surface area (Å²) in [6.07, 6.45) is 2.24. The predicted octanol–water partition coefficient (Wildman–Crippen LogP) is -1.06. The molecule has 0 spiro atoms. The van der Waals surface area contributed by atoms with Crippen LogP contribution in [0, 0.1) is 0 Å². The maximum atomic E-state index is 11.1. The molecule has 0 heterocycles. The first-order chi connectivity index (χ1) is 8.49. The lowest BCUT2D eigenvalue weighted by Crippen LogP contribution is -2.36. The predicted molar refractivity (Wildman–Crippen MR) is 72.5 cm³/mol. The van der Waals surface area contributed by atoms with Gasteiger partial charge in [-0.3, -0.25) is 9.69 Å². The number of rotatable bonds is 9. The van der Waals surface area contributed by atoms with Crippen LogP contribution in [0.4, 0.5) is 0 Å². The molecule has 0 unspecified atom stereocenters. The van der Waals surface area contributed by atoms with E-state index in [0.717, 1.165) is 12.5 Å². The second-order valence-corrected chi connectivity index (χ2v) is 8.96. The van der Waals surface area contributed by atoms with Gasteiger partial charge in [-0.2, -0.15) is 0 Å². The summed E-state index contributed by atoms with van der Waals surface area (Å²) >= 11 is 0. The zero-order valence-corrected chi connectivity index (χ0v) is 13.1. The SMILES string of the molecule is CC(=O)OCCN(CCS(C)(=O)=O)CCS(C)(=O)=O. The van der Waals surface area contributed by atoms with Crippen molar-refractivity contribution in [2.24, 2.45) is 0 Å². The molecule has 0 fully saturated rings. The van der Waals surface area contributed by atoms with Crippen LogP contribution in [0.25, 0.3) is 0 Å². The first-order valence-corrected chi connectivity index (χ1v) is 9.83. The van der Waals surface area contributed by atoms with E-state index in [0.29, 0.717) is 6.54 Å². The van der Waals surface area contributed by atoms with E-state index in [4.69, 9.17) is 4.74 Å². The van der Waals surface area contributed by atoms with Gasteiger partial charge < -0.3 is 4.74 Å². The number of nitrogens with zero attached hydrogens (tertiary/aromatic N) is 1. The lowest BCUT2D eigenvalue weighted by Gasteiger charge is -2.21. The Bertz CT molecular complexity index is 446. The van der Waals surface area contributed by atoms with Gasteiger partial charge >= 0.3 is 5.97 Å². The molecule has 0 aromatic rings. The monoisotopic (exact) mass is 315 g/mol. The average molecular weight is 315 g/mol. The molecule has 0 aliphatic carbocycles.